The van der Waals surface area contributed by atoms with Crippen LogP contribution < -0.4 is 24.7 Å². The highest BCUT2D eigenvalue weighted by molar-refractivity contribution is 9.10. The van der Waals surface area contributed by atoms with Crippen LogP contribution in [-0.2, 0) is 29.4 Å². The molecule has 0 spiro atoms. The molecule has 6 aromatic heterocycles. The van der Waals surface area contributed by atoms with Gasteiger partial charge in [0.1, 0.15) is 45.6 Å². The number of furan rings is 2. The molecule has 1 aliphatic rings. The molecular formula is C68H62BBrF2N8O10S2. The fourth-order valence-corrected chi connectivity index (χ4v) is 11.9. The fourth-order valence-electron chi connectivity index (χ4n) is 10.5. The SMILES string of the molecule is Brc1ccc2nc(-c3ccccc3)cn2c1.CNC(=O)c1c(-c2ccc(F)cc2)oc2cc(N(C)S(C)(=O)=O)c(-c3ccc4nc(-c5ccccc5)cn4c3)cc12.CNC(=O)c1c(-c2ccc(F)cc2)oc2cc(N(C)S(C)(=O)=O)c(B3OC(C)(C)C(C)(C)O3)cc12. The number of hydrogen-bond donors (Lipinski definition) is 2. The highest BCUT2D eigenvalue weighted by atomic mass is 79.9. The van der Waals surface area contributed by atoms with Crippen LogP contribution in [0.3, 0.4) is 0 Å². The maximum absolute atomic E-state index is 13.7. The van der Waals surface area contributed by atoms with Crippen LogP contribution in [0.1, 0.15) is 48.4 Å². The van der Waals surface area contributed by atoms with Crippen LogP contribution in [-0.4, -0.2) is 106 Å². The molecule has 0 aliphatic carbocycles. The average Bonchev–Trinajstić information content (AvgIpc) is 1.57. The average molecular weight is 1340 g/mol. The molecule has 0 atom stereocenters. The number of sulfonamides is 2. The van der Waals surface area contributed by atoms with Crippen molar-refractivity contribution in [3.8, 4) is 56.3 Å². The Labute approximate surface area is 538 Å². The number of rotatable bonds is 12. The van der Waals surface area contributed by atoms with Gasteiger partial charge < -0.3 is 37.6 Å². The van der Waals surface area contributed by atoms with Gasteiger partial charge in [0.15, 0.2) is 0 Å². The molecule has 2 N–H and O–H groups in total. The third-order valence-electron chi connectivity index (χ3n) is 16.3. The lowest BCUT2D eigenvalue weighted by Crippen LogP contribution is -2.41. The molecule has 2 amide bonds. The van der Waals surface area contributed by atoms with E-state index < -0.39 is 61.8 Å². The maximum Gasteiger partial charge on any atom is 0.497 e. The zero-order valence-corrected chi connectivity index (χ0v) is 54.8. The van der Waals surface area contributed by atoms with Crippen LogP contribution in [0.4, 0.5) is 20.2 Å². The summed E-state index contributed by atoms with van der Waals surface area (Å²) in [6.07, 6.45) is 10.0. The smallest absolute Gasteiger partial charge is 0.455 e. The zero-order chi connectivity index (χ0) is 65.8. The van der Waals surface area contributed by atoms with Gasteiger partial charge in [-0.3, -0.25) is 18.2 Å². The quantitative estimate of drug-likeness (QED) is 0.109. The van der Waals surface area contributed by atoms with Gasteiger partial charge in [-0.25, -0.2) is 35.6 Å². The summed E-state index contributed by atoms with van der Waals surface area (Å²) >= 11 is 3.45. The van der Waals surface area contributed by atoms with Gasteiger partial charge in [-0.2, -0.15) is 0 Å². The van der Waals surface area contributed by atoms with Crippen LogP contribution in [0.15, 0.2) is 196 Å². The van der Waals surface area contributed by atoms with Crippen molar-refractivity contribution >= 4 is 105 Å². The zero-order valence-electron chi connectivity index (χ0n) is 51.6. The number of amides is 2. The molecule has 13 rings (SSSR count). The summed E-state index contributed by atoms with van der Waals surface area (Å²) < 4.78 is 109. The number of fused-ring (bicyclic) bond motifs is 4. The first-order valence-electron chi connectivity index (χ1n) is 28.8. The summed E-state index contributed by atoms with van der Waals surface area (Å²) in [4.78, 5) is 35.4. The Morgan fingerprint density at radius 3 is 1.40 bits per heavy atom. The highest BCUT2D eigenvalue weighted by Gasteiger charge is 2.53. The second-order valence-corrected chi connectivity index (χ2v) is 27.8. The summed E-state index contributed by atoms with van der Waals surface area (Å²) in [5.74, 6) is -1.16. The third kappa shape index (κ3) is 12.8. The van der Waals surface area contributed by atoms with Gasteiger partial charge in [0.25, 0.3) is 11.8 Å². The summed E-state index contributed by atoms with van der Waals surface area (Å²) in [5, 5.41) is 6.20. The number of halogens is 3. The van der Waals surface area contributed by atoms with Gasteiger partial charge in [0.2, 0.25) is 20.0 Å². The minimum Gasteiger partial charge on any atom is -0.455 e. The fraction of sp³-hybridized carbons (Fsp3) is 0.176. The number of nitrogens with one attached hydrogen (secondary N) is 2. The van der Waals surface area contributed by atoms with Crippen LogP contribution >= 0.6 is 15.9 Å². The Morgan fingerprint density at radius 2 is 0.946 bits per heavy atom. The molecular weight excluding hydrogens is 1280 g/mol. The third-order valence-corrected chi connectivity index (χ3v) is 19.1. The van der Waals surface area contributed by atoms with E-state index in [9.17, 15) is 35.2 Å². The first kappa shape index (κ1) is 64.1. The van der Waals surface area contributed by atoms with Gasteiger partial charge >= 0.3 is 7.12 Å². The Morgan fingerprint density at radius 1 is 0.533 bits per heavy atom. The Kier molecular flexibility index (Phi) is 17.4. The molecule has 0 saturated carbocycles. The molecule has 470 valence electrons. The van der Waals surface area contributed by atoms with Crippen LogP contribution in [0.5, 0.6) is 0 Å². The Bertz CT molecular complexity index is 5030. The van der Waals surface area contributed by atoms with E-state index in [1.807, 2.05) is 134 Å². The van der Waals surface area contributed by atoms with Crippen molar-refractivity contribution in [2.75, 3.05) is 49.3 Å². The van der Waals surface area contributed by atoms with E-state index in [-0.39, 0.29) is 28.2 Å². The number of anilines is 2. The second-order valence-electron chi connectivity index (χ2n) is 22.9. The van der Waals surface area contributed by atoms with E-state index in [1.165, 1.54) is 81.0 Å². The van der Waals surface area contributed by atoms with Crippen molar-refractivity contribution in [3.63, 3.8) is 0 Å². The van der Waals surface area contributed by atoms with Crippen molar-refractivity contribution < 1.29 is 53.3 Å². The lowest BCUT2D eigenvalue weighted by molar-refractivity contribution is 0.00578. The number of nitrogens with zero attached hydrogens (tertiary/aromatic N) is 6. The largest absolute Gasteiger partial charge is 0.497 e. The van der Waals surface area contributed by atoms with Crippen molar-refractivity contribution in [3.05, 3.63) is 210 Å². The maximum atomic E-state index is 13.7. The standard InChI is InChI=1S/C31H25FN4O4S.C24H28BFN2O6S.C13H9BrN2/c1-33-31(37)29-24-15-23(21-11-14-28-34-25(18-36(28)17-21)19-7-5-4-6-8-19)26(35(2)41(3,38)39)16-27(24)40-30(29)20-9-12-22(32)13-10-20;1-23(2)24(3,4)34-25(33-23)17-12-16-19(13-18(17)28(6)35(7,30)31)32-21(20(16)22(29)27-5)14-8-10-15(26)11-9-14;14-11-6-7-13-15-12(9-16(13)8-11)10-4-2-1-3-5-10/h4-18H,1-3H3,(H,33,37);8-13H,1-7H3,(H,27,29);1-9H. The van der Waals surface area contributed by atoms with Gasteiger partial charge in [-0.15, -0.1) is 0 Å². The number of aromatic nitrogens is 4. The van der Waals surface area contributed by atoms with Crippen LogP contribution in [0, 0.1) is 11.6 Å². The minimum absolute atomic E-state index is 0.235. The van der Waals surface area contributed by atoms with Gasteiger partial charge in [0, 0.05) is 119 Å². The summed E-state index contributed by atoms with van der Waals surface area (Å²) in [6.45, 7) is 7.58. The predicted octanol–water partition coefficient (Wildman–Crippen LogP) is 13.0. The summed E-state index contributed by atoms with van der Waals surface area (Å²) in [7, 11) is -2.31. The molecule has 0 unspecified atom stereocenters. The highest BCUT2D eigenvalue weighted by Crippen LogP contribution is 2.43. The van der Waals surface area contributed by atoms with E-state index in [1.54, 1.807) is 24.3 Å². The first-order chi connectivity index (χ1) is 43.6. The number of carbonyl (C=O) groups is 2. The molecule has 6 aromatic carbocycles. The van der Waals surface area contributed by atoms with E-state index in [2.05, 4.69) is 43.7 Å². The molecule has 1 fully saturated rings. The number of imidazole rings is 2. The second kappa shape index (κ2) is 25.0. The lowest BCUT2D eigenvalue weighted by Gasteiger charge is -2.32. The number of carbonyl (C=O) groups excluding carboxylic acids is 2. The van der Waals surface area contributed by atoms with Crippen molar-refractivity contribution in [1.82, 2.24) is 29.4 Å². The lowest BCUT2D eigenvalue weighted by atomic mass is 9.77. The topological polar surface area (TPSA) is 212 Å². The molecule has 0 radical (unpaired) electrons. The summed E-state index contributed by atoms with van der Waals surface area (Å²) in [5.41, 5.74) is 8.71. The minimum atomic E-state index is -3.66. The number of benzene rings is 6. The predicted molar refractivity (Wildman–Crippen MR) is 360 cm³/mol. The van der Waals surface area contributed by atoms with Crippen LogP contribution in [0.25, 0.3) is 89.5 Å². The van der Waals surface area contributed by atoms with Crippen LogP contribution in [0.2, 0.25) is 0 Å². The first-order valence-corrected chi connectivity index (χ1v) is 33.3. The molecule has 12 aromatic rings. The molecule has 92 heavy (non-hydrogen) atoms. The molecule has 1 saturated heterocycles. The van der Waals surface area contributed by atoms with Crippen molar-refractivity contribution in [2.45, 2.75) is 38.9 Å². The molecule has 7 heterocycles. The molecule has 18 nitrogen and oxygen atoms in total. The molecule has 0 bridgehead atoms. The summed E-state index contributed by atoms with van der Waals surface area (Å²) in [6, 6.07) is 45.5. The van der Waals surface area contributed by atoms with Gasteiger partial charge in [-0.05, 0) is 129 Å². The Hall–Kier alpha value is -9.46. The van der Waals surface area contributed by atoms with Gasteiger partial charge in [0.05, 0.1) is 57.6 Å². The monoisotopic (exact) mass is 1340 g/mol. The number of hydrogen-bond acceptors (Lipinski definition) is 12. The normalized spacial score (nSPS) is 13.6. The molecule has 24 heteroatoms. The van der Waals surface area contributed by atoms with Crippen molar-refractivity contribution in [2.24, 2.45) is 0 Å². The van der Waals surface area contributed by atoms with E-state index in [4.69, 9.17) is 23.1 Å². The number of pyridine rings is 2. The van der Waals surface area contributed by atoms with Crippen molar-refractivity contribution in [1.29, 1.82) is 0 Å². The van der Waals surface area contributed by atoms with Gasteiger partial charge in [-0.1, -0.05) is 60.7 Å². The van der Waals surface area contributed by atoms with E-state index in [0.717, 1.165) is 55.1 Å². The Balaban J connectivity index is 0.000000153. The van der Waals surface area contributed by atoms with E-state index in [0.29, 0.717) is 55.4 Å². The molecule has 1 aliphatic heterocycles. The van der Waals surface area contributed by atoms with E-state index >= 15 is 0 Å².